The van der Waals surface area contributed by atoms with Crippen LogP contribution in [0.2, 0.25) is 0 Å². The molecule has 3 heterocycles. The van der Waals surface area contributed by atoms with Gasteiger partial charge in [-0.2, -0.15) is 21.0 Å². The van der Waals surface area contributed by atoms with Gasteiger partial charge in [-0.15, -0.1) is 34.0 Å². The number of nitriles is 4. The highest BCUT2D eigenvalue weighted by atomic mass is 32.1. The summed E-state index contributed by atoms with van der Waals surface area (Å²) in [7, 11) is 0. The van der Waals surface area contributed by atoms with E-state index in [0.29, 0.717) is 11.3 Å². The number of rotatable bonds is 33. The predicted octanol–water partition coefficient (Wildman–Crippen LogP) is 18.7. The summed E-state index contributed by atoms with van der Waals surface area (Å²) in [6.07, 6.45) is 22.1. The molecule has 0 saturated carbocycles. The number of carbonyl (C=O) groups is 3. The predicted molar refractivity (Wildman–Crippen MR) is 329 cm³/mol. The fourth-order valence-corrected chi connectivity index (χ4v) is 11.9. The third-order valence-electron chi connectivity index (χ3n) is 13.5. The monoisotopic (exact) mass is 1140 g/mol. The summed E-state index contributed by atoms with van der Waals surface area (Å²) in [6, 6.07) is 43.8. The molecule has 6 aromatic rings. The van der Waals surface area contributed by atoms with Gasteiger partial charge in [-0.3, -0.25) is 0 Å². The van der Waals surface area contributed by atoms with Crippen molar-refractivity contribution in [2.45, 2.75) is 136 Å². The molecule has 3 aromatic carbocycles. The second-order valence-corrected chi connectivity index (χ2v) is 22.9. The van der Waals surface area contributed by atoms with Gasteiger partial charge in [0.1, 0.15) is 35.4 Å². The summed E-state index contributed by atoms with van der Waals surface area (Å²) in [6.45, 7) is 7.28. The van der Waals surface area contributed by atoms with E-state index in [2.05, 4.69) is 31.7 Å². The average molecular weight is 1140 g/mol. The standard InChI is InChI=1S/C67H71N5O6S3/c1-4-7-10-13-16-19-40-76-65(73)52(45-68)43-57-34-36-61(79-57)49-22-28-54(29-23-49)72(55-30-24-50(25-31-55)62-37-35-58(80-62)44-53(46-69)66(74)77-41-20-17-14-11-8-5-2)56-32-26-51(27-33-56)63-38-39-64(81-63)59(47-70)60(48-71)67(75)78-42-21-18-15-12-9-6-3/h22-39,43-44H,4-21,40-42H2,1-3H3/b52-43+,53-44+,60-59+. The van der Waals surface area contributed by atoms with Crippen molar-refractivity contribution < 1.29 is 28.6 Å². The molecule has 0 saturated heterocycles. The maximum Gasteiger partial charge on any atom is 0.350 e. The lowest BCUT2D eigenvalue weighted by Gasteiger charge is -2.26. The van der Waals surface area contributed by atoms with Crippen LogP contribution >= 0.6 is 34.0 Å². The van der Waals surface area contributed by atoms with Gasteiger partial charge in [0.25, 0.3) is 0 Å². The van der Waals surface area contributed by atoms with Gasteiger partial charge in [0, 0.05) is 46.3 Å². The number of allylic oxidation sites excluding steroid dienone is 1. The molecule has 6 rings (SSSR count). The maximum atomic E-state index is 13.0. The summed E-state index contributed by atoms with van der Waals surface area (Å²) in [5.74, 6) is -2.02. The van der Waals surface area contributed by atoms with E-state index < -0.39 is 17.9 Å². The Kier molecular flexibility index (Phi) is 26.4. The Balaban J connectivity index is 1.23. The molecule has 0 aliphatic heterocycles. The Morgan fingerprint density at radius 1 is 0.407 bits per heavy atom. The van der Waals surface area contributed by atoms with Crippen molar-refractivity contribution in [3.05, 3.63) is 141 Å². The first-order valence-electron chi connectivity index (χ1n) is 28.4. The molecule has 0 fully saturated rings. The molecule has 3 aromatic heterocycles. The van der Waals surface area contributed by atoms with Crippen molar-refractivity contribution in [2.24, 2.45) is 0 Å². The van der Waals surface area contributed by atoms with Gasteiger partial charge in [-0.1, -0.05) is 153 Å². The lowest BCUT2D eigenvalue weighted by molar-refractivity contribution is -0.139. The summed E-state index contributed by atoms with van der Waals surface area (Å²) in [4.78, 5) is 45.6. The van der Waals surface area contributed by atoms with E-state index in [1.165, 1.54) is 79.0 Å². The minimum atomic E-state index is -0.790. The number of ether oxygens (including phenoxy) is 3. The van der Waals surface area contributed by atoms with Crippen LogP contribution in [0.5, 0.6) is 0 Å². The molecule has 0 atom stereocenters. The Labute approximate surface area is 490 Å². The first kappa shape index (κ1) is 62.3. The van der Waals surface area contributed by atoms with Gasteiger partial charge in [0.05, 0.1) is 25.4 Å². The summed E-state index contributed by atoms with van der Waals surface area (Å²) < 4.78 is 16.3. The molecule has 0 bridgehead atoms. The van der Waals surface area contributed by atoms with Gasteiger partial charge >= 0.3 is 17.9 Å². The van der Waals surface area contributed by atoms with Gasteiger partial charge in [0.15, 0.2) is 5.57 Å². The molecule has 81 heavy (non-hydrogen) atoms. The number of hydrogen-bond donors (Lipinski definition) is 0. The van der Waals surface area contributed by atoms with Crippen LogP contribution in [0.15, 0.2) is 126 Å². The smallest absolute Gasteiger partial charge is 0.350 e. The van der Waals surface area contributed by atoms with Crippen LogP contribution in [0.25, 0.3) is 49.0 Å². The number of benzene rings is 3. The molecule has 14 heteroatoms. The molecule has 0 aliphatic rings. The number of hydrogen-bond acceptors (Lipinski definition) is 14. The average Bonchev–Trinajstić information content (AvgIpc) is 4.30. The highest BCUT2D eigenvalue weighted by Crippen LogP contribution is 2.41. The second-order valence-electron chi connectivity index (χ2n) is 19.6. The molecule has 0 unspecified atom stereocenters. The normalized spacial score (nSPS) is 11.6. The minimum Gasteiger partial charge on any atom is -0.462 e. The van der Waals surface area contributed by atoms with Crippen LogP contribution in [0.4, 0.5) is 17.1 Å². The van der Waals surface area contributed by atoms with Gasteiger partial charge in [-0.25, -0.2) is 14.4 Å². The molecule has 0 N–H and O–H groups in total. The Bertz CT molecular complexity index is 3120. The van der Waals surface area contributed by atoms with Crippen LogP contribution in [0.3, 0.4) is 0 Å². The van der Waals surface area contributed by atoms with Crippen LogP contribution in [-0.4, -0.2) is 37.7 Å². The Morgan fingerprint density at radius 2 is 0.753 bits per heavy atom. The summed E-state index contributed by atoms with van der Waals surface area (Å²) in [5, 5.41) is 39.9. The van der Waals surface area contributed by atoms with Crippen molar-refractivity contribution in [3.63, 3.8) is 0 Å². The quantitative estimate of drug-likeness (QED) is 0.0126. The Hall–Kier alpha value is -7.85. The fourth-order valence-electron chi connectivity index (χ4n) is 8.94. The topological polar surface area (TPSA) is 177 Å². The summed E-state index contributed by atoms with van der Waals surface area (Å²) >= 11 is 4.26. The summed E-state index contributed by atoms with van der Waals surface area (Å²) in [5.41, 5.74) is 5.01. The first-order valence-corrected chi connectivity index (χ1v) is 30.8. The van der Waals surface area contributed by atoms with E-state index in [1.54, 1.807) is 18.2 Å². The minimum absolute atomic E-state index is 0.0155. The van der Waals surface area contributed by atoms with E-state index in [9.17, 15) is 35.4 Å². The highest BCUT2D eigenvalue weighted by molar-refractivity contribution is 7.17. The second kappa shape index (κ2) is 34.3. The lowest BCUT2D eigenvalue weighted by Crippen LogP contribution is -2.09. The van der Waals surface area contributed by atoms with Crippen molar-refractivity contribution in [1.82, 2.24) is 0 Å². The molecule has 0 aliphatic carbocycles. The zero-order valence-corrected chi connectivity index (χ0v) is 49.3. The van der Waals surface area contributed by atoms with Gasteiger partial charge in [-0.05, 0) is 121 Å². The molecule has 11 nitrogen and oxygen atoms in total. The molecule has 418 valence electrons. The first-order chi connectivity index (χ1) is 39.6. The molecule has 0 spiro atoms. The number of carbonyl (C=O) groups excluding carboxylic acids is 3. The van der Waals surface area contributed by atoms with Gasteiger partial charge in [0.2, 0.25) is 0 Å². The maximum absolute atomic E-state index is 13.0. The number of anilines is 3. The van der Waals surface area contributed by atoms with Crippen molar-refractivity contribution in [1.29, 1.82) is 21.0 Å². The van der Waals surface area contributed by atoms with Crippen LogP contribution in [-0.2, 0) is 28.6 Å². The molecular formula is C67H71N5O6S3. The molecule has 0 amide bonds. The highest BCUT2D eigenvalue weighted by Gasteiger charge is 2.22. The van der Waals surface area contributed by atoms with Crippen LogP contribution < -0.4 is 4.90 Å². The van der Waals surface area contributed by atoms with E-state index >= 15 is 0 Å². The molecule has 0 radical (unpaired) electrons. The number of esters is 3. The SMILES string of the molecule is CCCCCCCCOC(=O)/C(C#N)=C/c1ccc(-c2ccc(N(c3ccc(-c4ccc(/C=C(\C#N)C(=O)OCCCCCCCC)s4)cc3)c3ccc(-c4ccc(/C(C#N)=C(\C#N)C(=O)OCCCCCCCC)s4)cc3)cc2)s1. The zero-order valence-electron chi connectivity index (χ0n) is 46.8. The van der Waals surface area contributed by atoms with Crippen LogP contribution in [0.1, 0.15) is 151 Å². The van der Waals surface area contributed by atoms with Crippen molar-refractivity contribution in [2.75, 3.05) is 24.7 Å². The van der Waals surface area contributed by atoms with E-state index in [4.69, 9.17) is 14.2 Å². The largest absolute Gasteiger partial charge is 0.462 e. The number of nitrogens with zero attached hydrogens (tertiary/aromatic N) is 5. The van der Waals surface area contributed by atoms with Crippen molar-refractivity contribution in [3.8, 4) is 55.6 Å². The third-order valence-corrected chi connectivity index (χ3v) is 16.8. The van der Waals surface area contributed by atoms with E-state index in [-0.39, 0.29) is 42.1 Å². The number of unbranched alkanes of at least 4 members (excludes halogenated alkanes) is 15. The Morgan fingerprint density at radius 3 is 1.11 bits per heavy atom. The number of thiophene rings is 3. The van der Waals surface area contributed by atoms with E-state index in [1.807, 2.05) is 121 Å². The van der Waals surface area contributed by atoms with Crippen LogP contribution in [0, 0.1) is 45.3 Å². The lowest BCUT2D eigenvalue weighted by atomic mass is 10.1. The zero-order chi connectivity index (χ0) is 57.6. The van der Waals surface area contributed by atoms with E-state index in [0.717, 1.165) is 122 Å². The van der Waals surface area contributed by atoms with Gasteiger partial charge < -0.3 is 19.1 Å². The molecular weight excluding hydrogens is 1070 g/mol. The third kappa shape index (κ3) is 19.2. The fraction of sp³-hybridized carbons (Fsp3) is 0.358. The van der Waals surface area contributed by atoms with Crippen molar-refractivity contribution >= 4 is 86.7 Å².